The van der Waals surface area contributed by atoms with Crippen LogP contribution in [-0.2, 0) is 6.42 Å². The third-order valence-electron chi connectivity index (χ3n) is 5.16. The van der Waals surface area contributed by atoms with Crippen molar-refractivity contribution in [2.75, 3.05) is 32.7 Å². The van der Waals surface area contributed by atoms with Gasteiger partial charge in [-0.3, -0.25) is 9.80 Å². The van der Waals surface area contributed by atoms with E-state index in [9.17, 15) is 0 Å². The number of nitrogens with zero attached hydrogens (tertiary/aromatic N) is 2. The Hall–Kier alpha value is -1.12. The molecule has 3 rings (SSSR count). The SMILES string of the molecule is CC(C)=CCN1CCCN([C@H]2CCCc3ccccc32)CC1. The Kier molecular flexibility index (Phi) is 5.32. The summed E-state index contributed by atoms with van der Waals surface area (Å²) in [5, 5.41) is 0. The quantitative estimate of drug-likeness (QED) is 0.777. The van der Waals surface area contributed by atoms with Crippen molar-refractivity contribution >= 4 is 0 Å². The number of hydrogen-bond acceptors (Lipinski definition) is 2. The summed E-state index contributed by atoms with van der Waals surface area (Å²) in [7, 11) is 0. The summed E-state index contributed by atoms with van der Waals surface area (Å²) >= 11 is 0. The summed E-state index contributed by atoms with van der Waals surface area (Å²) in [5.41, 5.74) is 4.62. The van der Waals surface area contributed by atoms with Gasteiger partial charge in [-0.1, -0.05) is 35.9 Å². The summed E-state index contributed by atoms with van der Waals surface area (Å²) in [5.74, 6) is 0. The van der Waals surface area contributed by atoms with Crippen LogP contribution >= 0.6 is 0 Å². The molecule has 1 heterocycles. The Morgan fingerprint density at radius 3 is 2.82 bits per heavy atom. The van der Waals surface area contributed by atoms with Gasteiger partial charge in [-0.2, -0.15) is 0 Å². The van der Waals surface area contributed by atoms with E-state index in [1.807, 2.05) is 0 Å². The van der Waals surface area contributed by atoms with E-state index in [4.69, 9.17) is 0 Å². The van der Waals surface area contributed by atoms with E-state index in [1.165, 1.54) is 57.4 Å². The first-order chi connectivity index (χ1) is 10.7. The minimum absolute atomic E-state index is 0.661. The number of benzene rings is 1. The minimum Gasteiger partial charge on any atom is -0.298 e. The molecule has 1 atom stereocenters. The van der Waals surface area contributed by atoms with Gasteiger partial charge in [0.1, 0.15) is 0 Å². The zero-order valence-electron chi connectivity index (χ0n) is 14.2. The zero-order valence-corrected chi connectivity index (χ0v) is 14.2. The highest BCUT2D eigenvalue weighted by atomic mass is 15.2. The fourth-order valence-corrected chi connectivity index (χ4v) is 3.90. The van der Waals surface area contributed by atoms with Gasteiger partial charge in [0.2, 0.25) is 0 Å². The molecule has 1 saturated heterocycles. The van der Waals surface area contributed by atoms with E-state index < -0.39 is 0 Å². The molecule has 0 bridgehead atoms. The first-order valence-electron chi connectivity index (χ1n) is 8.91. The fraction of sp³-hybridized carbons (Fsp3) is 0.600. The monoisotopic (exact) mass is 298 g/mol. The van der Waals surface area contributed by atoms with Crippen LogP contribution in [0.1, 0.15) is 50.3 Å². The van der Waals surface area contributed by atoms with Crippen LogP contribution in [0.5, 0.6) is 0 Å². The van der Waals surface area contributed by atoms with Crippen LogP contribution < -0.4 is 0 Å². The third-order valence-corrected chi connectivity index (χ3v) is 5.16. The van der Waals surface area contributed by atoms with Crippen LogP contribution in [-0.4, -0.2) is 42.5 Å². The molecule has 1 aliphatic heterocycles. The number of rotatable bonds is 3. The van der Waals surface area contributed by atoms with Crippen molar-refractivity contribution in [2.45, 2.75) is 45.6 Å². The largest absolute Gasteiger partial charge is 0.298 e. The average Bonchev–Trinajstić information content (AvgIpc) is 2.78. The molecule has 0 N–H and O–H groups in total. The second-order valence-corrected chi connectivity index (χ2v) is 7.08. The van der Waals surface area contributed by atoms with E-state index in [-0.39, 0.29) is 0 Å². The lowest BCUT2D eigenvalue weighted by molar-refractivity contribution is 0.183. The second kappa shape index (κ2) is 7.43. The summed E-state index contributed by atoms with van der Waals surface area (Å²) in [6, 6.07) is 9.78. The Morgan fingerprint density at radius 2 is 1.95 bits per heavy atom. The van der Waals surface area contributed by atoms with Crippen molar-refractivity contribution in [3.8, 4) is 0 Å². The van der Waals surface area contributed by atoms with Crippen molar-refractivity contribution in [1.82, 2.24) is 9.80 Å². The first kappa shape index (κ1) is 15.8. The molecule has 0 unspecified atom stereocenters. The van der Waals surface area contributed by atoms with Crippen molar-refractivity contribution < 1.29 is 0 Å². The van der Waals surface area contributed by atoms with Gasteiger partial charge in [0.05, 0.1) is 0 Å². The maximum Gasteiger partial charge on any atom is 0.0351 e. The van der Waals surface area contributed by atoms with Gasteiger partial charge in [-0.15, -0.1) is 0 Å². The van der Waals surface area contributed by atoms with Gasteiger partial charge in [-0.05, 0) is 57.2 Å². The van der Waals surface area contributed by atoms with E-state index in [0.717, 1.165) is 6.54 Å². The van der Waals surface area contributed by atoms with Crippen LogP contribution in [0.15, 0.2) is 35.9 Å². The molecule has 1 aromatic rings. The molecule has 0 aromatic heterocycles. The van der Waals surface area contributed by atoms with E-state index in [0.29, 0.717) is 6.04 Å². The highest BCUT2D eigenvalue weighted by Gasteiger charge is 2.26. The van der Waals surface area contributed by atoms with Gasteiger partial charge < -0.3 is 0 Å². The molecule has 0 radical (unpaired) electrons. The Balaban J connectivity index is 1.66. The molecule has 1 fully saturated rings. The van der Waals surface area contributed by atoms with Crippen LogP contribution in [0.25, 0.3) is 0 Å². The smallest absolute Gasteiger partial charge is 0.0351 e. The predicted molar refractivity (Wildman–Crippen MR) is 94.2 cm³/mol. The summed E-state index contributed by atoms with van der Waals surface area (Å²) in [6.07, 6.45) is 7.62. The normalized spacial score (nSPS) is 23.6. The molecular weight excluding hydrogens is 268 g/mol. The predicted octanol–water partition coefficient (Wildman–Crippen LogP) is 4.04. The zero-order chi connectivity index (χ0) is 15.4. The van der Waals surface area contributed by atoms with Crippen molar-refractivity contribution in [2.24, 2.45) is 0 Å². The summed E-state index contributed by atoms with van der Waals surface area (Å²) < 4.78 is 0. The molecule has 22 heavy (non-hydrogen) atoms. The first-order valence-corrected chi connectivity index (χ1v) is 8.91. The van der Waals surface area contributed by atoms with Crippen LogP contribution in [0.2, 0.25) is 0 Å². The Morgan fingerprint density at radius 1 is 1.09 bits per heavy atom. The average molecular weight is 298 g/mol. The van der Waals surface area contributed by atoms with Crippen molar-refractivity contribution in [3.05, 3.63) is 47.0 Å². The van der Waals surface area contributed by atoms with Crippen molar-refractivity contribution in [3.63, 3.8) is 0 Å². The van der Waals surface area contributed by atoms with Crippen LogP contribution in [0, 0.1) is 0 Å². The summed E-state index contributed by atoms with van der Waals surface area (Å²) in [6.45, 7) is 10.4. The third kappa shape index (κ3) is 3.80. The fourth-order valence-electron chi connectivity index (χ4n) is 3.90. The molecular formula is C20H30N2. The van der Waals surface area contributed by atoms with E-state index in [1.54, 1.807) is 11.1 Å². The maximum absolute atomic E-state index is 2.75. The molecule has 2 aliphatic rings. The molecule has 0 saturated carbocycles. The molecule has 1 aromatic carbocycles. The molecule has 2 nitrogen and oxygen atoms in total. The molecule has 0 spiro atoms. The standard InChI is InChI=1S/C20H30N2/c1-17(2)11-14-21-12-6-13-22(16-15-21)20-10-5-8-18-7-3-4-9-19(18)20/h3-4,7,9,11,20H,5-6,8,10,12-16H2,1-2H3/t20-/m0/s1. The maximum atomic E-state index is 2.75. The van der Waals surface area contributed by atoms with Crippen LogP contribution in [0.4, 0.5) is 0 Å². The van der Waals surface area contributed by atoms with E-state index >= 15 is 0 Å². The van der Waals surface area contributed by atoms with Gasteiger partial charge in [0.15, 0.2) is 0 Å². The number of hydrogen-bond donors (Lipinski definition) is 0. The second-order valence-electron chi connectivity index (χ2n) is 7.08. The molecule has 2 heteroatoms. The van der Waals surface area contributed by atoms with Crippen LogP contribution in [0.3, 0.4) is 0 Å². The Bertz CT molecular complexity index is 516. The lowest BCUT2D eigenvalue weighted by Crippen LogP contribution is -2.35. The topological polar surface area (TPSA) is 6.48 Å². The van der Waals surface area contributed by atoms with Gasteiger partial charge in [0, 0.05) is 32.2 Å². The van der Waals surface area contributed by atoms with Gasteiger partial charge in [-0.25, -0.2) is 0 Å². The number of fused-ring (bicyclic) bond motifs is 1. The molecule has 0 amide bonds. The number of allylic oxidation sites excluding steroid dienone is 1. The Labute approximate surface area is 135 Å². The molecule has 1 aliphatic carbocycles. The number of aryl methyl sites for hydroxylation is 1. The highest BCUT2D eigenvalue weighted by molar-refractivity contribution is 5.32. The molecule has 120 valence electrons. The minimum atomic E-state index is 0.661. The van der Waals surface area contributed by atoms with Crippen molar-refractivity contribution in [1.29, 1.82) is 0 Å². The van der Waals surface area contributed by atoms with Gasteiger partial charge >= 0.3 is 0 Å². The lowest BCUT2D eigenvalue weighted by atomic mass is 9.87. The summed E-state index contributed by atoms with van der Waals surface area (Å²) in [4.78, 5) is 5.36. The highest BCUT2D eigenvalue weighted by Crippen LogP contribution is 2.34. The lowest BCUT2D eigenvalue weighted by Gasteiger charge is -2.35. The van der Waals surface area contributed by atoms with Gasteiger partial charge in [0.25, 0.3) is 0 Å². The van der Waals surface area contributed by atoms with E-state index in [2.05, 4.69) is 54.0 Å².